The van der Waals surface area contributed by atoms with Crippen molar-refractivity contribution < 1.29 is 0 Å². The van der Waals surface area contributed by atoms with Gasteiger partial charge in [0, 0.05) is 76.0 Å². The van der Waals surface area contributed by atoms with E-state index < -0.39 is 0 Å². The van der Waals surface area contributed by atoms with Crippen molar-refractivity contribution >= 4 is 0 Å². The molecule has 0 aliphatic carbocycles. The minimum Gasteiger partial charge on any atom is -0.314 e. The van der Waals surface area contributed by atoms with E-state index in [1.807, 2.05) is 0 Å². The Morgan fingerprint density at radius 1 is 0.607 bits per heavy atom. The molecule has 0 amide bonds. The number of likely N-dealkylation sites (N-methyl/N-ethyl adjacent to an activating group) is 1. The van der Waals surface area contributed by atoms with Crippen LogP contribution >= 0.6 is 0 Å². The van der Waals surface area contributed by atoms with Crippen molar-refractivity contribution in [1.82, 2.24) is 25.3 Å². The summed E-state index contributed by atoms with van der Waals surface area (Å²) in [6.45, 7) is 32.8. The average Bonchev–Trinajstić information content (AvgIpc) is 2.56. The van der Waals surface area contributed by atoms with Crippen molar-refractivity contribution in [2.45, 2.75) is 92.9 Å². The van der Waals surface area contributed by atoms with Gasteiger partial charge in [-0.1, -0.05) is 6.92 Å². The molecule has 0 saturated heterocycles. The standard InChI is InChI=1S/C23H53N5/c1-11-26(20(2)3)16-12-24-13-17-27(21(4)5)18-14-25-15-19-28(22(6)7)23(8,9)10/h20-22,24-25H,11-19H2,1-10H3. The van der Waals surface area contributed by atoms with E-state index in [0.29, 0.717) is 18.1 Å². The Morgan fingerprint density at radius 3 is 1.32 bits per heavy atom. The maximum absolute atomic E-state index is 3.65. The summed E-state index contributed by atoms with van der Waals surface area (Å²) in [4.78, 5) is 7.65. The highest BCUT2D eigenvalue weighted by atomic mass is 15.2. The quantitative estimate of drug-likeness (QED) is 0.390. The zero-order valence-corrected chi connectivity index (χ0v) is 20.9. The Labute approximate surface area is 177 Å². The van der Waals surface area contributed by atoms with Crippen molar-refractivity contribution in [3.05, 3.63) is 0 Å². The van der Waals surface area contributed by atoms with Gasteiger partial charge in [-0.3, -0.25) is 14.7 Å². The van der Waals surface area contributed by atoms with Crippen LogP contribution in [-0.4, -0.2) is 97.3 Å². The van der Waals surface area contributed by atoms with E-state index in [2.05, 4.69) is 94.6 Å². The maximum Gasteiger partial charge on any atom is 0.0128 e. The van der Waals surface area contributed by atoms with Gasteiger partial charge in [0.05, 0.1) is 0 Å². The second-order valence-corrected chi connectivity index (χ2v) is 9.81. The van der Waals surface area contributed by atoms with E-state index in [1.165, 1.54) is 0 Å². The van der Waals surface area contributed by atoms with Gasteiger partial charge in [-0.05, 0) is 68.9 Å². The molecule has 0 atom stereocenters. The molecule has 0 aromatic rings. The Balaban J connectivity index is 4.04. The van der Waals surface area contributed by atoms with Crippen LogP contribution < -0.4 is 10.6 Å². The fourth-order valence-corrected chi connectivity index (χ4v) is 3.90. The van der Waals surface area contributed by atoms with Crippen LogP contribution in [0.2, 0.25) is 0 Å². The van der Waals surface area contributed by atoms with Crippen LogP contribution in [-0.2, 0) is 0 Å². The first-order valence-electron chi connectivity index (χ1n) is 11.7. The number of nitrogens with one attached hydrogen (secondary N) is 2. The van der Waals surface area contributed by atoms with Gasteiger partial charge >= 0.3 is 0 Å². The predicted molar refractivity (Wildman–Crippen MR) is 126 cm³/mol. The highest BCUT2D eigenvalue weighted by Crippen LogP contribution is 2.15. The highest BCUT2D eigenvalue weighted by molar-refractivity contribution is 4.79. The van der Waals surface area contributed by atoms with Gasteiger partial charge in [0.2, 0.25) is 0 Å². The van der Waals surface area contributed by atoms with Gasteiger partial charge < -0.3 is 10.6 Å². The summed E-state index contributed by atoms with van der Waals surface area (Å²) >= 11 is 0. The molecule has 0 heterocycles. The van der Waals surface area contributed by atoms with Crippen LogP contribution in [0.5, 0.6) is 0 Å². The molecule has 0 unspecified atom stereocenters. The monoisotopic (exact) mass is 399 g/mol. The number of hydrogen-bond donors (Lipinski definition) is 2. The summed E-state index contributed by atoms with van der Waals surface area (Å²) < 4.78 is 0. The van der Waals surface area contributed by atoms with Crippen LogP contribution in [0.4, 0.5) is 0 Å². The predicted octanol–water partition coefficient (Wildman–Crippen LogP) is 3.12. The zero-order valence-electron chi connectivity index (χ0n) is 20.9. The van der Waals surface area contributed by atoms with Crippen LogP contribution in [0.3, 0.4) is 0 Å². The second-order valence-electron chi connectivity index (χ2n) is 9.81. The molecule has 0 fully saturated rings. The molecule has 0 radical (unpaired) electrons. The fraction of sp³-hybridized carbons (Fsp3) is 1.00. The normalized spacial score (nSPS) is 13.3. The topological polar surface area (TPSA) is 33.8 Å². The third-order valence-corrected chi connectivity index (χ3v) is 5.61. The Kier molecular flexibility index (Phi) is 14.6. The first-order valence-corrected chi connectivity index (χ1v) is 11.7. The van der Waals surface area contributed by atoms with Crippen molar-refractivity contribution in [1.29, 1.82) is 0 Å². The molecule has 0 saturated carbocycles. The summed E-state index contributed by atoms with van der Waals surface area (Å²) in [6.07, 6.45) is 0. The number of hydrogen-bond acceptors (Lipinski definition) is 5. The van der Waals surface area contributed by atoms with Crippen molar-refractivity contribution in [2.24, 2.45) is 0 Å². The Bertz CT molecular complexity index is 362. The molecular formula is C23H53N5. The summed E-state index contributed by atoms with van der Waals surface area (Å²) in [6, 6.07) is 1.81. The minimum absolute atomic E-state index is 0.231. The van der Waals surface area contributed by atoms with Crippen LogP contribution in [0, 0.1) is 0 Å². The summed E-state index contributed by atoms with van der Waals surface area (Å²) in [7, 11) is 0. The van der Waals surface area contributed by atoms with E-state index in [4.69, 9.17) is 0 Å². The maximum atomic E-state index is 3.65. The fourth-order valence-electron chi connectivity index (χ4n) is 3.90. The molecule has 170 valence electrons. The lowest BCUT2D eigenvalue weighted by atomic mass is 10.0. The molecule has 5 heteroatoms. The first-order chi connectivity index (χ1) is 13.0. The average molecular weight is 400 g/mol. The third kappa shape index (κ3) is 12.4. The van der Waals surface area contributed by atoms with Crippen LogP contribution in [0.1, 0.15) is 69.2 Å². The molecule has 2 N–H and O–H groups in total. The Morgan fingerprint density at radius 2 is 1.00 bits per heavy atom. The van der Waals surface area contributed by atoms with E-state index >= 15 is 0 Å². The van der Waals surface area contributed by atoms with Gasteiger partial charge in [-0.25, -0.2) is 0 Å². The minimum atomic E-state index is 0.231. The molecule has 0 aliphatic rings. The number of rotatable bonds is 16. The molecule has 0 aliphatic heterocycles. The SMILES string of the molecule is CCN(CCNCCN(CCNCCN(C(C)C)C(C)(C)C)C(C)C)C(C)C. The lowest BCUT2D eigenvalue weighted by Crippen LogP contribution is -2.49. The first kappa shape index (κ1) is 27.8. The number of nitrogens with zero attached hydrogens (tertiary/aromatic N) is 3. The Hall–Kier alpha value is -0.200. The van der Waals surface area contributed by atoms with Crippen LogP contribution in [0.25, 0.3) is 0 Å². The van der Waals surface area contributed by atoms with E-state index in [1.54, 1.807) is 0 Å². The summed E-state index contributed by atoms with van der Waals surface area (Å²) in [5.74, 6) is 0. The molecule has 0 aromatic heterocycles. The molecule has 0 bridgehead atoms. The molecule has 5 nitrogen and oxygen atoms in total. The third-order valence-electron chi connectivity index (χ3n) is 5.61. The van der Waals surface area contributed by atoms with E-state index in [-0.39, 0.29) is 5.54 Å². The van der Waals surface area contributed by atoms with Gasteiger partial charge in [0.15, 0.2) is 0 Å². The zero-order chi connectivity index (χ0) is 21.7. The smallest absolute Gasteiger partial charge is 0.0128 e. The second kappa shape index (κ2) is 14.7. The van der Waals surface area contributed by atoms with Crippen molar-refractivity contribution in [3.63, 3.8) is 0 Å². The summed E-state index contributed by atoms with van der Waals surface area (Å²) in [5.41, 5.74) is 0.231. The molecular weight excluding hydrogens is 346 g/mol. The van der Waals surface area contributed by atoms with E-state index in [0.717, 1.165) is 58.9 Å². The van der Waals surface area contributed by atoms with Gasteiger partial charge in [0.1, 0.15) is 0 Å². The van der Waals surface area contributed by atoms with Crippen LogP contribution in [0.15, 0.2) is 0 Å². The van der Waals surface area contributed by atoms with Gasteiger partial charge in [-0.15, -0.1) is 0 Å². The molecule has 0 aromatic carbocycles. The molecule has 0 spiro atoms. The largest absolute Gasteiger partial charge is 0.314 e. The van der Waals surface area contributed by atoms with Gasteiger partial charge in [-0.2, -0.15) is 0 Å². The van der Waals surface area contributed by atoms with Gasteiger partial charge in [0.25, 0.3) is 0 Å². The van der Waals surface area contributed by atoms with Crippen molar-refractivity contribution in [2.75, 3.05) is 58.9 Å². The summed E-state index contributed by atoms with van der Waals surface area (Å²) in [5, 5.41) is 7.28. The lowest BCUT2D eigenvalue weighted by molar-refractivity contribution is 0.0996. The lowest BCUT2D eigenvalue weighted by Gasteiger charge is -2.39. The molecule has 28 heavy (non-hydrogen) atoms. The van der Waals surface area contributed by atoms with Crippen molar-refractivity contribution in [3.8, 4) is 0 Å². The van der Waals surface area contributed by atoms with E-state index in [9.17, 15) is 0 Å². The highest BCUT2D eigenvalue weighted by Gasteiger charge is 2.23. The molecule has 0 rings (SSSR count).